The first-order valence-corrected chi connectivity index (χ1v) is 18.1. The van der Waals surface area contributed by atoms with Gasteiger partial charge < -0.3 is 9.13 Å². The molecular weight excluding hydrogens is 712 g/mol. The molecular formula is C49H29F5N2. The second-order valence-electron chi connectivity index (χ2n) is 13.9. The highest BCUT2D eigenvalue weighted by Gasteiger charge is 2.36. The number of hydrogen-bond donors (Lipinski definition) is 0. The number of benzene rings is 8. The van der Waals surface area contributed by atoms with E-state index in [1.54, 1.807) is 0 Å². The van der Waals surface area contributed by atoms with Crippen molar-refractivity contribution in [3.05, 3.63) is 193 Å². The van der Waals surface area contributed by atoms with E-state index in [1.165, 1.54) is 6.07 Å². The standard InChI is InChI=1S/C49H29F5N2/c50-35-23-34(24-36(51)27-35)41-28-47(55-43-17-9-7-15-37(43)39-21-19-32(25-45(39)55)30-11-3-1-4-12-30)48(29-42(41)49(52,53)54)56-44-18-10-8-16-38(44)40-22-20-33(26-46(40)56)31-13-5-2-6-14-31/h1-29H. The van der Waals surface area contributed by atoms with Crippen molar-refractivity contribution in [2.45, 2.75) is 6.18 Å². The maximum atomic E-state index is 15.5. The first kappa shape index (κ1) is 33.6. The van der Waals surface area contributed by atoms with E-state index in [-0.39, 0.29) is 16.8 Å². The van der Waals surface area contributed by atoms with E-state index in [0.29, 0.717) is 22.8 Å². The molecule has 0 aliphatic carbocycles. The van der Waals surface area contributed by atoms with Gasteiger partial charge in [-0.1, -0.05) is 121 Å². The lowest BCUT2D eigenvalue weighted by Crippen LogP contribution is -2.12. The third-order valence-corrected chi connectivity index (χ3v) is 10.6. The van der Waals surface area contributed by atoms with Crippen molar-refractivity contribution in [1.29, 1.82) is 0 Å². The molecule has 7 heteroatoms. The van der Waals surface area contributed by atoms with Gasteiger partial charge in [-0.05, 0) is 81.9 Å². The van der Waals surface area contributed by atoms with Gasteiger partial charge in [0.05, 0.1) is 39.0 Å². The summed E-state index contributed by atoms with van der Waals surface area (Å²) in [5, 5.41) is 3.54. The lowest BCUT2D eigenvalue weighted by Gasteiger charge is -2.22. The molecule has 8 aromatic carbocycles. The van der Waals surface area contributed by atoms with Gasteiger partial charge in [0.2, 0.25) is 0 Å². The number of nitrogens with zero attached hydrogens (tertiary/aromatic N) is 2. The Hall–Kier alpha value is -6.99. The minimum absolute atomic E-state index is 0.220. The Kier molecular flexibility index (Phi) is 7.68. The molecule has 2 aromatic heterocycles. The summed E-state index contributed by atoms with van der Waals surface area (Å²) in [6, 6.07) is 52.4. The summed E-state index contributed by atoms with van der Waals surface area (Å²) in [6.07, 6.45) is -4.89. The molecule has 0 saturated heterocycles. The molecule has 0 bridgehead atoms. The van der Waals surface area contributed by atoms with Crippen LogP contribution < -0.4 is 0 Å². The van der Waals surface area contributed by atoms with Crippen LogP contribution in [0.1, 0.15) is 5.56 Å². The van der Waals surface area contributed by atoms with Crippen molar-refractivity contribution in [3.63, 3.8) is 0 Å². The average Bonchev–Trinajstić information content (AvgIpc) is 3.72. The number of rotatable bonds is 5. The third kappa shape index (κ3) is 5.46. The van der Waals surface area contributed by atoms with Crippen LogP contribution in [-0.2, 0) is 6.18 Å². The lowest BCUT2D eigenvalue weighted by atomic mass is 9.96. The Bertz CT molecular complexity index is 3120. The van der Waals surface area contributed by atoms with Gasteiger partial charge in [0.15, 0.2) is 0 Å². The number of alkyl halides is 3. The van der Waals surface area contributed by atoms with Gasteiger partial charge in [0.1, 0.15) is 11.6 Å². The second kappa shape index (κ2) is 12.8. The number of fused-ring (bicyclic) bond motifs is 6. The molecule has 10 rings (SSSR count). The minimum atomic E-state index is -4.89. The Morgan fingerprint density at radius 1 is 0.339 bits per heavy atom. The van der Waals surface area contributed by atoms with Crippen LogP contribution >= 0.6 is 0 Å². The van der Waals surface area contributed by atoms with Crippen molar-refractivity contribution in [2.75, 3.05) is 0 Å². The summed E-state index contributed by atoms with van der Waals surface area (Å²) in [7, 11) is 0. The van der Waals surface area contributed by atoms with Gasteiger partial charge in [-0.2, -0.15) is 13.2 Å². The molecule has 0 spiro atoms. The van der Waals surface area contributed by atoms with E-state index in [9.17, 15) is 8.78 Å². The Morgan fingerprint density at radius 2 is 0.768 bits per heavy atom. The fourth-order valence-corrected chi connectivity index (χ4v) is 8.20. The lowest BCUT2D eigenvalue weighted by molar-refractivity contribution is -0.137. The Labute approximate surface area is 317 Å². The van der Waals surface area contributed by atoms with Crippen LogP contribution in [0.2, 0.25) is 0 Å². The fourth-order valence-electron chi connectivity index (χ4n) is 8.20. The smallest absolute Gasteiger partial charge is 0.307 e. The first-order valence-electron chi connectivity index (χ1n) is 18.1. The van der Waals surface area contributed by atoms with Crippen LogP contribution in [0.5, 0.6) is 0 Å². The van der Waals surface area contributed by atoms with Gasteiger partial charge >= 0.3 is 6.18 Å². The predicted molar refractivity (Wildman–Crippen MR) is 216 cm³/mol. The normalized spacial score (nSPS) is 12.0. The largest absolute Gasteiger partial charge is 0.417 e. The third-order valence-electron chi connectivity index (χ3n) is 10.6. The number of para-hydroxylation sites is 2. The molecule has 0 aliphatic heterocycles. The topological polar surface area (TPSA) is 9.86 Å². The minimum Gasteiger partial charge on any atom is -0.307 e. The van der Waals surface area contributed by atoms with Gasteiger partial charge in [0, 0.05) is 27.6 Å². The van der Waals surface area contributed by atoms with Crippen LogP contribution in [0.3, 0.4) is 0 Å². The van der Waals surface area contributed by atoms with Gasteiger partial charge in [-0.15, -0.1) is 0 Å². The molecule has 0 amide bonds. The molecule has 0 radical (unpaired) electrons. The van der Waals surface area contributed by atoms with Gasteiger partial charge in [-0.3, -0.25) is 0 Å². The summed E-state index contributed by atoms with van der Waals surface area (Å²) < 4.78 is 80.0. The zero-order valence-corrected chi connectivity index (χ0v) is 29.5. The van der Waals surface area contributed by atoms with E-state index in [2.05, 4.69) is 0 Å². The highest BCUT2D eigenvalue weighted by atomic mass is 19.4. The summed E-state index contributed by atoms with van der Waals surface area (Å²) >= 11 is 0. The first-order chi connectivity index (χ1) is 27.2. The summed E-state index contributed by atoms with van der Waals surface area (Å²) in [6.45, 7) is 0. The predicted octanol–water partition coefficient (Wildman–Crippen LogP) is 14.2. The van der Waals surface area contributed by atoms with Crippen LogP contribution in [-0.4, -0.2) is 9.13 Å². The highest BCUT2D eigenvalue weighted by Crippen LogP contribution is 2.46. The Balaban J connectivity index is 1.39. The van der Waals surface area contributed by atoms with E-state index in [1.807, 2.05) is 155 Å². The van der Waals surface area contributed by atoms with Crippen molar-refractivity contribution in [2.24, 2.45) is 0 Å². The molecule has 2 nitrogen and oxygen atoms in total. The molecule has 270 valence electrons. The van der Waals surface area contributed by atoms with E-state index in [0.717, 1.165) is 73.0 Å². The van der Waals surface area contributed by atoms with E-state index < -0.39 is 23.4 Å². The SMILES string of the molecule is Fc1cc(F)cc(-c2cc(-n3c4ccccc4c4ccc(-c5ccccc5)cc43)c(-n3c4ccccc4c4ccc(-c5ccccc5)cc43)cc2C(F)(F)F)c1. The quantitative estimate of drug-likeness (QED) is 0.156. The molecule has 56 heavy (non-hydrogen) atoms. The van der Waals surface area contributed by atoms with Crippen molar-refractivity contribution in [1.82, 2.24) is 9.13 Å². The van der Waals surface area contributed by atoms with Gasteiger partial charge in [-0.25, -0.2) is 8.78 Å². The number of aromatic nitrogens is 2. The average molecular weight is 741 g/mol. The molecule has 0 atom stereocenters. The van der Waals surface area contributed by atoms with Crippen LogP contribution in [0.4, 0.5) is 22.0 Å². The van der Waals surface area contributed by atoms with Crippen LogP contribution in [0, 0.1) is 11.6 Å². The van der Waals surface area contributed by atoms with Crippen molar-refractivity contribution in [3.8, 4) is 44.8 Å². The zero-order chi connectivity index (χ0) is 38.1. The molecule has 2 heterocycles. The van der Waals surface area contributed by atoms with Crippen LogP contribution in [0.25, 0.3) is 88.4 Å². The molecule has 0 saturated carbocycles. The summed E-state index contributed by atoms with van der Waals surface area (Å²) in [4.78, 5) is 0. The summed E-state index contributed by atoms with van der Waals surface area (Å²) in [5.41, 5.74) is 5.77. The molecule has 0 unspecified atom stereocenters. The Morgan fingerprint density at radius 3 is 1.25 bits per heavy atom. The molecule has 10 aromatic rings. The monoisotopic (exact) mass is 740 g/mol. The molecule has 0 aliphatic rings. The fraction of sp³-hybridized carbons (Fsp3) is 0.0204. The van der Waals surface area contributed by atoms with Crippen LogP contribution in [0.15, 0.2) is 176 Å². The summed E-state index contributed by atoms with van der Waals surface area (Å²) in [5.74, 6) is -1.95. The maximum Gasteiger partial charge on any atom is 0.417 e. The van der Waals surface area contributed by atoms with Crippen molar-refractivity contribution < 1.29 is 22.0 Å². The number of hydrogen-bond acceptors (Lipinski definition) is 0. The second-order valence-corrected chi connectivity index (χ2v) is 13.9. The van der Waals surface area contributed by atoms with E-state index >= 15 is 13.2 Å². The molecule has 0 N–H and O–H groups in total. The van der Waals surface area contributed by atoms with Crippen molar-refractivity contribution >= 4 is 43.6 Å². The van der Waals surface area contributed by atoms with E-state index in [4.69, 9.17) is 0 Å². The highest BCUT2D eigenvalue weighted by molar-refractivity contribution is 6.12. The molecule has 0 fully saturated rings. The zero-order valence-electron chi connectivity index (χ0n) is 29.5. The number of halogens is 5. The maximum absolute atomic E-state index is 15.5. The van der Waals surface area contributed by atoms with Gasteiger partial charge in [0.25, 0.3) is 0 Å².